The summed E-state index contributed by atoms with van der Waals surface area (Å²) in [5.41, 5.74) is 0.813. The number of pyridine rings is 1. The fourth-order valence-corrected chi connectivity index (χ4v) is 3.57. The van der Waals surface area contributed by atoms with Gasteiger partial charge in [-0.15, -0.1) is 0 Å². The van der Waals surface area contributed by atoms with Gasteiger partial charge >= 0.3 is 0 Å². The van der Waals surface area contributed by atoms with E-state index in [-0.39, 0.29) is 25.0 Å². The number of nitrogens with one attached hydrogen (secondary N) is 1. The third-order valence-corrected chi connectivity index (χ3v) is 5.31. The van der Waals surface area contributed by atoms with Crippen molar-refractivity contribution in [3.63, 3.8) is 0 Å². The van der Waals surface area contributed by atoms with Gasteiger partial charge in [0, 0.05) is 25.0 Å². The number of hydrogen-bond donors (Lipinski definition) is 1. The summed E-state index contributed by atoms with van der Waals surface area (Å²) in [4.78, 5) is 16.2. The minimum atomic E-state index is -3.45. The van der Waals surface area contributed by atoms with Crippen molar-refractivity contribution in [1.82, 2.24) is 14.6 Å². The molecule has 0 atom stereocenters. The van der Waals surface area contributed by atoms with Crippen LogP contribution in [-0.4, -0.2) is 42.5 Å². The van der Waals surface area contributed by atoms with Crippen molar-refractivity contribution >= 4 is 15.9 Å². The zero-order valence-electron chi connectivity index (χ0n) is 13.6. The predicted molar refractivity (Wildman–Crippen MR) is 89.1 cm³/mol. The van der Waals surface area contributed by atoms with Crippen LogP contribution in [0.1, 0.15) is 44.1 Å². The molecule has 1 aromatic rings. The fourth-order valence-electron chi connectivity index (χ4n) is 2.84. The lowest BCUT2D eigenvalue weighted by molar-refractivity contribution is -0.122. The lowest BCUT2D eigenvalue weighted by Crippen LogP contribution is -2.43. The van der Waals surface area contributed by atoms with Gasteiger partial charge in [-0.05, 0) is 30.5 Å². The zero-order chi connectivity index (χ0) is 16.7. The molecule has 0 bridgehead atoms. The monoisotopic (exact) mass is 339 g/mol. The molecule has 23 heavy (non-hydrogen) atoms. The molecule has 1 heterocycles. The Morgan fingerprint density at radius 3 is 2.39 bits per heavy atom. The molecule has 1 amide bonds. The van der Waals surface area contributed by atoms with Crippen molar-refractivity contribution in [3.05, 3.63) is 30.1 Å². The first-order valence-corrected chi connectivity index (χ1v) is 9.93. The Morgan fingerprint density at radius 2 is 1.83 bits per heavy atom. The highest BCUT2D eigenvalue weighted by atomic mass is 32.2. The van der Waals surface area contributed by atoms with Crippen molar-refractivity contribution in [1.29, 1.82) is 0 Å². The summed E-state index contributed by atoms with van der Waals surface area (Å²) >= 11 is 0. The summed E-state index contributed by atoms with van der Waals surface area (Å²) in [5.74, 6) is -0.226. The molecule has 128 valence electrons. The van der Waals surface area contributed by atoms with Crippen molar-refractivity contribution in [3.8, 4) is 0 Å². The summed E-state index contributed by atoms with van der Waals surface area (Å²) < 4.78 is 25.1. The van der Waals surface area contributed by atoms with Gasteiger partial charge in [-0.3, -0.25) is 9.78 Å². The van der Waals surface area contributed by atoms with E-state index in [0.717, 1.165) is 37.5 Å². The second-order valence-electron chi connectivity index (χ2n) is 6.14. The Labute approximate surface area is 138 Å². The molecule has 0 aliphatic heterocycles. The van der Waals surface area contributed by atoms with Gasteiger partial charge < -0.3 is 5.32 Å². The average molecular weight is 339 g/mol. The highest BCUT2D eigenvalue weighted by Gasteiger charge is 2.22. The van der Waals surface area contributed by atoms with E-state index >= 15 is 0 Å². The largest absolute Gasteiger partial charge is 0.352 e. The molecule has 1 aliphatic carbocycles. The Morgan fingerprint density at radius 1 is 1.22 bits per heavy atom. The normalized spacial score (nSPS) is 17.0. The molecule has 1 fully saturated rings. The van der Waals surface area contributed by atoms with Crippen LogP contribution in [0.15, 0.2) is 24.5 Å². The number of sulfonamides is 1. The number of amides is 1. The smallest absolute Gasteiger partial charge is 0.235 e. The zero-order valence-corrected chi connectivity index (χ0v) is 14.4. The molecule has 0 radical (unpaired) electrons. The molecule has 1 aliphatic rings. The molecule has 0 saturated heterocycles. The summed E-state index contributed by atoms with van der Waals surface area (Å²) in [7, 11) is -3.45. The molecule has 2 rings (SSSR count). The quantitative estimate of drug-likeness (QED) is 0.800. The number of nitrogens with zero attached hydrogens (tertiary/aromatic N) is 2. The van der Waals surface area contributed by atoms with Crippen LogP contribution in [-0.2, 0) is 21.4 Å². The first kappa shape index (κ1) is 17.9. The maximum Gasteiger partial charge on any atom is 0.235 e. The molecule has 1 N–H and O–H groups in total. The van der Waals surface area contributed by atoms with E-state index in [4.69, 9.17) is 0 Å². The average Bonchev–Trinajstić information content (AvgIpc) is 2.75. The SMILES string of the molecule is CS(=O)(=O)N(CC(=O)NC1CCCCCC1)Cc1ccncc1. The Bertz CT molecular complexity index is 596. The minimum Gasteiger partial charge on any atom is -0.352 e. The highest BCUT2D eigenvalue weighted by Crippen LogP contribution is 2.17. The summed E-state index contributed by atoms with van der Waals surface area (Å²) in [6.07, 6.45) is 11.0. The third-order valence-electron chi connectivity index (χ3n) is 4.12. The van der Waals surface area contributed by atoms with E-state index in [1.807, 2.05) is 0 Å². The number of carbonyl (C=O) groups excluding carboxylic acids is 1. The molecular formula is C16H25N3O3S. The van der Waals surface area contributed by atoms with Crippen LogP contribution in [0, 0.1) is 0 Å². The Hall–Kier alpha value is -1.47. The molecular weight excluding hydrogens is 314 g/mol. The van der Waals surface area contributed by atoms with E-state index in [1.54, 1.807) is 24.5 Å². The van der Waals surface area contributed by atoms with Crippen LogP contribution in [0.4, 0.5) is 0 Å². The second-order valence-corrected chi connectivity index (χ2v) is 8.12. The molecule has 7 heteroatoms. The van der Waals surface area contributed by atoms with Gasteiger partial charge in [-0.1, -0.05) is 25.7 Å². The summed E-state index contributed by atoms with van der Waals surface area (Å²) in [6.45, 7) is 0.0388. The first-order chi connectivity index (χ1) is 10.9. The van der Waals surface area contributed by atoms with E-state index in [9.17, 15) is 13.2 Å². The van der Waals surface area contributed by atoms with Crippen LogP contribution in [0.3, 0.4) is 0 Å². The Balaban J connectivity index is 1.95. The molecule has 0 unspecified atom stereocenters. The third kappa shape index (κ3) is 6.27. The van der Waals surface area contributed by atoms with E-state index in [0.29, 0.717) is 0 Å². The minimum absolute atomic E-state index is 0.141. The molecule has 0 spiro atoms. The maximum atomic E-state index is 12.2. The second kappa shape index (κ2) is 8.40. The predicted octanol–water partition coefficient (Wildman–Crippen LogP) is 1.68. The van der Waals surface area contributed by atoms with Crippen molar-refractivity contribution in [2.45, 2.75) is 51.1 Å². The lowest BCUT2D eigenvalue weighted by Gasteiger charge is -2.22. The van der Waals surface area contributed by atoms with Gasteiger partial charge in [0.1, 0.15) is 0 Å². The lowest BCUT2D eigenvalue weighted by atomic mass is 10.1. The molecule has 1 aromatic heterocycles. The standard InChI is InChI=1S/C16H25N3O3S/c1-23(21,22)19(12-14-8-10-17-11-9-14)13-16(20)18-15-6-4-2-3-5-7-15/h8-11,15H,2-7,12-13H2,1H3,(H,18,20). The fraction of sp³-hybridized carbons (Fsp3) is 0.625. The molecule has 6 nitrogen and oxygen atoms in total. The number of aromatic nitrogens is 1. The van der Waals surface area contributed by atoms with Crippen LogP contribution in [0.5, 0.6) is 0 Å². The van der Waals surface area contributed by atoms with Crippen LogP contribution in [0.2, 0.25) is 0 Å². The van der Waals surface area contributed by atoms with Gasteiger partial charge in [0.2, 0.25) is 15.9 Å². The van der Waals surface area contributed by atoms with E-state index in [1.165, 1.54) is 17.1 Å². The van der Waals surface area contributed by atoms with E-state index in [2.05, 4.69) is 10.3 Å². The first-order valence-electron chi connectivity index (χ1n) is 8.08. The molecule has 0 aromatic carbocycles. The number of rotatable bonds is 6. The van der Waals surface area contributed by atoms with Gasteiger partial charge in [0.05, 0.1) is 12.8 Å². The van der Waals surface area contributed by atoms with Gasteiger partial charge in [-0.2, -0.15) is 4.31 Å². The van der Waals surface area contributed by atoms with Gasteiger partial charge in [0.15, 0.2) is 0 Å². The number of hydrogen-bond acceptors (Lipinski definition) is 4. The topological polar surface area (TPSA) is 79.4 Å². The van der Waals surface area contributed by atoms with Gasteiger partial charge in [0.25, 0.3) is 0 Å². The Kier molecular flexibility index (Phi) is 6.53. The van der Waals surface area contributed by atoms with Crippen LogP contribution >= 0.6 is 0 Å². The highest BCUT2D eigenvalue weighted by molar-refractivity contribution is 7.88. The van der Waals surface area contributed by atoms with Crippen molar-refractivity contribution < 1.29 is 13.2 Å². The van der Waals surface area contributed by atoms with Crippen molar-refractivity contribution in [2.24, 2.45) is 0 Å². The number of carbonyl (C=O) groups is 1. The van der Waals surface area contributed by atoms with E-state index < -0.39 is 10.0 Å². The van der Waals surface area contributed by atoms with Crippen LogP contribution in [0.25, 0.3) is 0 Å². The molecule has 1 saturated carbocycles. The van der Waals surface area contributed by atoms with Crippen molar-refractivity contribution in [2.75, 3.05) is 12.8 Å². The maximum absolute atomic E-state index is 12.2. The summed E-state index contributed by atoms with van der Waals surface area (Å²) in [5, 5.41) is 2.99. The van der Waals surface area contributed by atoms with Crippen LogP contribution < -0.4 is 5.32 Å². The van der Waals surface area contributed by atoms with Gasteiger partial charge in [-0.25, -0.2) is 8.42 Å². The summed E-state index contributed by atoms with van der Waals surface area (Å²) in [6, 6.07) is 3.68.